The van der Waals surface area contributed by atoms with Crippen molar-refractivity contribution >= 4 is 10.8 Å². The van der Waals surface area contributed by atoms with E-state index >= 15 is 0 Å². The highest BCUT2D eigenvalue weighted by molar-refractivity contribution is 5.85. The maximum absolute atomic E-state index is 5.60. The molecule has 2 aromatic rings. The van der Waals surface area contributed by atoms with Gasteiger partial charge in [0.1, 0.15) is 0 Å². The number of benzene rings is 2. The van der Waals surface area contributed by atoms with Crippen LogP contribution in [0.2, 0.25) is 0 Å². The SMILES string of the molecule is CCNCC1(Cc2cccc3ccccc23)CCOCC1. The molecule has 0 amide bonds. The van der Waals surface area contributed by atoms with E-state index in [1.54, 1.807) is 0 Å². The largest absolute Gasteiger partial charge is 0.381 e. The Morgan fingerprint density at radius 3 is 2.62 bits per heavy atom. The fourth-order valence-electron chi connectivity index (χ4n) is 3.46. The minimum atomic E-state index is 0.346. The fraction of sp³-hybridized carbons (Fsp3) is 0.474. The van der Waals surface area contributed by atoms with E-state index in [1.165, 1.54) is 16.3 Å². The zero-order chi connectivity index (χ0) is 14.5. The van der Waals surface area contributed by atoms with Gasteiger partial charge in [-0.15, -0.1) is 0 Å². The molecule has 2 nitrogen and oxygen atoms in total. The number of nitrogens with one attached hydrogen (secondary N) is 1. The monoisotopic (exact) mass is 283 g/mol. The smallest absolute Gasteiger partial charge is 0.0471 e. The lowest BCUT2D eigenvalue weighted by Crippen LogP contribution is -2.40. The maximum atomic E-state index is 5.60. The summed E-state index contributed by atoms with van der Waals surface area (Å²) in [5.41, 5.74) is 1.83. The Morgan fingerprint density at radius 1 is 1.05 bits per heavy atom. The highest BCUT2D eigenvalue weighted by Crippen LogP contribution is 2.35. The van der Waals surface area contributed by atoms with Crippen LogP contribution >= 0.6 is 0 Å². The molecule has 112 valence electrons. The second kappa shape index (κ2) is 6.59. The Kier molecular flexibility index (Phi) is 4.57. The van der Waals surface area contributed by atoms with Crippen LogP contribution in [0, 0.1) is 5.41 Å². The van der Waals surface area contributed by atoms with E-state index in [1.807, 2.05) is 0 Å². The van der Waals surface area contributed by atoms with Crippen molar-refractivity contribution in [2.75, 3.05) is 26.3 Å². The number of hydrogen-bond acceptors (Lipinski definition) is 2. The second-order valence-corrected chi connectivity index (χ2v) is 6.21. The molecule has 0 aliphatic carbocycles. The van der Waals surface area contributed by atoms with Gasteiger partial charge in [0.25, 0.3) is 0 Å². The first-order chi connectivity index (χ1) is 10.3. The van der Waals surface area contributed by atoms with E-state index in [2.05, 4.69) is 54.7 Å². The van der Waals surface area contributed by atoms with E-state index in [-0.39, 0.29) is 0 Å². The van der Waals surface area contributed by atoms with Crippen LogP contribution in [-0.4, -0.2) is 26.3 Å². The van der Waals surface area contributed by atoms with Crippen LogP contribution in [0.5, 0.6) is 0 Å². The highest BCUT2D eigenvalue weighted by Gasteiger charge is 2.32. The van der Waals surface area contributed by atoms with Crippen LogP contribution in [0.15, 0.2) is 42.5 Å². The maximum Gasteiger partial charge on any atom is 0.0471 e. The molecule has 1 fully saturated rings. The average molecular weight is 283 g/mol. The molecular weight excluding hydrogens is 258 g/mol. The summed E-state index contributed by atoms with van der Waals surface area (Å²) in [4.78, 5) is 0. The molecule has 2 aromatic carbocycles. The molecule has 1 aliphatic rings. The summed E-state index contributed by atoms with van der Waals surface area (Å²) in [6, 6.07) is 15.4. The van der Waals surface area contributed by atoms with Crippen molar-refractivity contribution < 1.29 is 4.74 Å². The first kappa shape index (κ1) is 14.6. The molecule has 21 heavy (non-hydrogen) atoms. The minimum Gasteiger partial charge on any atom is -0.381 e. The van der Waals surface area contributed by atoms with Crippen molar-refractivity contribution in [3.8, 4) is 0 Å². The second-order valence-electron chi connectivity index (χ2n) is 6.21. The van der Waals surface area contributed by atoms with Crippen LogP contribution in [-0.2, 0) is 11.2 Å². The lowest BCUT2D eigenvalue weighted by molar-refractivity contribution is 0.0153. The van der Waals surface area contributed by atoms with Gasteiger partial charge < -0.3 is 10.1 Å². The van der Waals surface area contributed by atoms with Gasteiger partial charge in [-0.2, -0.15) is 0 Å². The molecule has 0 unspecified atom stereocenters. The summed E-state index contributed by atoms with van der Waals surface area (Å²) >= 11 is 0. The van der Waals surface area contributed by atoms with Gasteiger partial charge in [0, 0.05) is 19.8 Å². The first-order valence-electron chi connectivity index (χ1n) is 8.08. The topological polar surface area (TPSA) is 21.3 Å². The van der Waals surface area contributed by atoms with Crippen LogP contribution < -0.4 is 5.32 Å². The number of rotatable bonds is 5. The Balaban J connectivity index is 1.90. The van der Waals surface area contributed by atoms with Gasteiger partial charge in [-0.05, 0) is 47.6 Å². The molecule has 0 radical (unpaired) electrons. The summed E-state index contributed by atoms with van der Waals surface area (Å²) in [6.45, 7) is 6.12. The summed E-state index contributed by atoms with van der Waals surface area (Å²) in [5, 5.41) is 6.32. The van der Waals surface area contributed by atoms with Crippen LogP contribution in [0.4, 0.5) is 0 Å². The predicted octanol–water partition coefficient (Wildman–Crippen LogP) is 3.79. The normalized spacial score (nSPS) is 18.0. The average Bonchev–Trinajstić information content (AvgIpc) is 2.54. The molecule has 0 spiro atoms. The van der Waals surface area contributed by atoms with Crippen molar-refractivity contribution in [1.82, 2.24) is 5.32 Å². The molecule has 1 saturated heterocycles. The summed E-state index contributed by atoms with van der Waals surface area (Å²) in [6.07, 6.45) is 3.46. The molecule has 1 heterocycles. The van der Waals surface area contributed by atoms with E-state index in [0.29, 0.717) is 5.41 Å². The molecule has 0 atom stereocenters. The third-order valence-corrected chi connectivity index (χ3v) is 4.75. The predicted molar refractivity (Wildman–Crippen MR) is 88.7 cm³/mol. The van der Waals surface area contributed by atoms with Crippen molar-refractivity contribution in [2.24, 2.45) is 5.41 Å². The molecular formula is C19H25NO. The molecule has 2 heteroatoms. The zero-order valence-corrected chi connectivity index (χ0v) is 12.9. The quantitative estimate of drug-likeness (QED) is 0.901. The number of hydrogen-bond donors (Lipinski definition) is 1. The van der Waals surface area contributed by atoms with E-state index in [9.17, 15) is 0 Å². The minimum absolute atomic E-state index is 0.346. The van der Waals surface area contributed by atoms with Gasteiger partial charge in [0.15, 0.2) is 0 Å². The van der Waals surface area contributed by atoms with Gasteiger partial charge in [-0.3, -0.25) is 0 Å². The van der Waals surface area contributed by atoms with E-state index in [4.69, 9.17) is 4.74 Å². The van der Waals surface area contributed by atoms with Gasteiger partial charge in [-0.1, -0.05) is 49.4 Å². The molecule has 0 aromatic heterocycles. The summed E-state index contributed by atoms with van der Waals surface area (Å²) in [7, 11) is 0. The Labute approximate surface area is 127 Å². The lowest BCUT2D eigenvalue weighted by atomic mass is 9.74. The first-order valence-corrected chi connectivity index (χ1v) is 8.08. The van der Waals surface area contributed by atoms with Crippen molar-refractivity contribution in [1.29, 1.82) is 0 Å². The molecule has 1 N–H and O–H groups in total. The van der Waals surface area contributed by atoms with Crippen molar-refractivity contribution in [3.05, 3.63) is 48.0 Å². The fourth-order valence-corrected chi connectivity index (χ4v) is 3.46. The molecule has 0 bridgehead atoms. The molecule has 1 aliphatic heterocycles. The number of ether oxygens (including phenoxy) is 1. The van der Waals surface area contributed by atoms with Crippen LogP contribution in [0.25, 0.3) is 10.8 Å². The Bertz CT molecular complexity index is 582. The molecule has 3 rings (SSSR count). The lowest BCUT2D eigenvalue weighted by Gasteiger charge is -2.38. The van der Waals surface area contributed by atoms with E-state index in [0.717, 1.165) is 45.6 Å². The van der Waals surface area contributed by atoms with Gasteiger partial charge in [0.2, 0.25) is 0 Å². The zero-order valence-electron chi connectivity index (χ0n) is 12.9. The third-order valence-electron chi connectivity index (χ3n) is 4.75. The Morgan fingerprint density at radius 2 is 1.81 bits per heavy atom. The van der Waals surface area contributed by atoms with Gasteiger partial charge in [-0.25, -0.2) is 0 Å². The molecule has 0 saturated carbocycles. The van der Waals surface area contributed by atoms with Crippen molar-refractivity contribution in [3.63, 3.8) is 0 Å². The number of fused-ring (bicyclic) bond motifs is 1. The summed E-state index contributed by atoms with van der Waals surface area (Å²) < 4.78 is 5.60. The van der Waals surface area contributed by atoms with E-state index < -0.39 is 0 Å². The van der Waals surface area contributed by atoms with Crippen molar-refractivity contribution in [2.45, 2.75) is 26.2 Å². The van der Waals surface area contributed by atoms with Gasteiger partial charge >= 0.3 is 0 Å². The highest BCUT2D eigenvalue weighted by atomic mass is 16.5. The Hall–Kier alpha value is -1.38. The summed E-state index contributed by atoms with van der Waals surface area (Å²) in [5.74, 6) is 0. The standard InChI is InChI=1S/C19H25NO/c1-2-20-15-19(10-12-21-13-11-19)14-17-8-5-7-16-6-3-4-9-18(16)17/h3-9,20H,2,10-15H2,1H3. The third kappa shape index (κ3) is 3.28. The van der Waals surface area contributed by atoms with Crippen LogP contribution in [0.1, 0.15) is 25.3 Å². The van der Waals surface area contributed by atoms with Crippen LogP contribution in [0.3, 0.4) is 0 Å². The van der Waals surface area contributed by atoms with Gasteiger partial charge in [0.05, 0.1) is 0 Å².